The Morgan fingerprint density at radius 3 is 1.54 bits per heavy atom. The molecule has 0 aliphatic carbocycles. The summed E-state index contributed by atoms with van der Waals surface area (Å²) in [5.41, 5.74) is 2.91. The summed E-state index contributed by atoms with van der Waals surface area (Å²) in [7, 11) is 0. The predicted octanol–water partition coefficient (Wildman–Crippen LogP) is 3.39. The van der Waals surface area contributed by atoms with Gasteiger partial charge in [-0.2, -0.15) is 0 Å². The second-order valence-electron chi connectivity index (χ2n) is 5.32. The molecule has 0 atom stereocenters. The van der Waals surface area contributed by atoms with Gasteiger partial charge in [0, 0.05) is 0 Å². The van der Waals surface area contributed by atoms with E-state index in [0.29, 0.717) is 11.1 Å². The lowest BCUT2D eigenvalue weighted by atomic mass is 10.1. The summed E-state index contributed by atoms with van der Waals surface area (Å²) in [6, 6.07) is 9.29. The standard InChI is InChI=1S/C9H8O4.C9H10O2/c1-5-2-6(8(10)11)4-7(3-5)9(12)13;1-6-3-4-8(9(10)11)7(2)5-6/h2-4H,1H3,(H,10,11)(H,12,13);3-5H,1-2H3,(H,10,11). The van der Waals surface area contributed by atoms with Crippen LogP contribution in [0.25, 0.3) is 0 Å². The summed E-state index contributed by atoms with van der Waals surface area (Å²) in [6.45, 7) is 5.40. The Hall–Kier alpha value is -3.15. The van der Waals surface area contributed by atoms with Gasteiger partial charge in [-0.1, -0.05) is 17.7 Å². The first kappa shape index (κ1) is 18.9. The molecule has 2 aromatic rings. The number of carbonyl (C=O) groups is 3. The Labute approximate surface area is 139 Å². The average Bonchev–Trinajstić information content (AvgIpc) is 2.46. The first-order valence-electron chi connectivity index (χ1n) is 7.00. The molecule has 0 fully saturated rings. The summed E-state index contributed by atoms with van der Waals surface area (Å²) in [6.07, 6.45) is 0. The van der Waals surface area contributed by atoms with Gasteiger partial charge in [-0.05, 0) is 56.2 Å². The van der Waals surface area contributed by atoms with Crippen LogP contribution in [0.4, 0.5) is 0 Å². The fraction of sp³-hybridized carbons (Fsp3) is 0.167. The van der Waals surface area contributed by atoms with E-state index in [1.54, 1.807) is 26.0 Å². The van der Waals surface area contributed by atoms with Crippen molar-refractivity contribution in [2.45, 2.75) is 20.8 Å². The third-order valence-electron chi connectivity index (χ3n) is 3.18. The van der Waals surface area contributed by atoms with Gasteiger partial charge in [-0.3, -0.25) is 0 Å². The van der Waals surface area contributed by atoms with E-state index in [1.807, 2.05) is 13.0 Å². The molecule has 0 aliphatic rings. The molecule has 0 aliphatic heterocycles. The van der Waals surface area contributed by atoms with Crippen molar-refractivity contribution >= 4 is 17.9 Å². The van der Waals surface area contributed by atoms with Crippen LogP contribution in [0.5, 0.6) is 0 Å². The lowest BCUT2D eigenvalue weighted by Crippen LogP contribution is -2.02. The van der Waals surface area contributed by atoms with Crippen molar-refractivity contribution in [1.29, 1.82) is 0 Å². The molecule has 0 bridgehead atoms. The number of hydrogen-bond acceptors (Lipinski definition) is 3. The van der Waals surface area contributed by atoms with Crippen LogP contribution in [-0.4, -0.2) is 33.2 Å². The highest BCUT2D eigenvalue weighted by Gasteiger charge is 2.09. The van der Waals surface area contributed by atoms with Crippen molar-refractivity contribution in [3.63, 3.8) is 0 Å². The van der Waals surface area contributed by atoms with Crippen molar-refractivity contribution in [2.75, 3.05) is 0 Å². The maximum atomic E-state index is 10.5. The van der Waals surface area contributed by atoms with E-state index in [9.17, 15) is 14.4 Å². The van der Waals surface area contributed by atoms with Crippen LogP contribution in [0.15, 0.2) is 36.4 Å². The van der Waals surface area contributed by atoms with Gasteiger partial charge in [0.2, 0.25) is 0 Å². The number of rotatable bonds is 3. The fourth-order valence-corrected chi connectivity index (χ4v) is 2.08. The second kappa shape index (κ2) is 7.92. The Morgan fingerprint density at radius 2 is 1.17 bits per heavy atom. The van der Waals surface area contributed by atoms with Crippen molar-refractivity contribution in [3.8, 4) is 0 Å². The number of aryl methyl sites for hydroxylation is 3. The maximum absolute atomic E-state index is 10.5. The van der Waals surface area contributed by atoms with Crippen molar-refractivity contribution < 1.29 is 29.7 Å². The highest BCUT2D eigenvalue weighted by atomic mass is 16.4. The molecule has 0 aromatic heterocycles. The van der Waals surface area contributed by atoms with Crippen LogP contribution in [0.3, 0.4) is 0 Å². The minimum absolute atomic E-state index is 0.00241. The second-order valence-corrected chi connectivity index (χ2v) is 5.32. The smallest absolute Gasteiger partial charge is 0.335 e. The van der Waals surface area contributed by atoms with Crippen molar-refractivity contribution in [1.82, 2.24) is 0 Å². The molecule has 3 N–H and O–H groups in total. The Kier molecular flexibility index (Phi) is 6.23. The summed E-state index contributed by atoms with van der Waals surface area (Å²) in [5, 5.41) is 25.9. The zero-order valence-electron chi connectivity index (χ0n) is 13.5. The topological polar surface area (TPSA) is 112 Å². The maximum Gasteiger partial charge on any atom is 0.335 e. The van der Waals surface area contributed by atoms with E-state index in [2.05, 4.69) is 0 Å². The molecule has 6 nitrogen and oxygen atoms in total. The number of hydrogen-bond donors (Lipinski definition) is 3. The van der Waals surface area contributed by atoms with Gasteiger partial charge >= 0.3 is 17.9 Å². The number of benzene rings is 2. The quantitative estimate of drug-likeness (QED) is 0.795. The number of aromatic carboxylic acids is 3. The monoisotopic (exact) mass is 330 g/mol. The molecule has 0 heterocycles. The molecule has 0 saturated heterocycles. The summed E-state index contributed by atoms with van der Waals surface area (Å²) in [5.74, 6) is -3.10. The lowest BCUT2D eigenvalue weighted by molar-refractivity contribution is 0.0681. The zero-order chi connectivity index (χ0) is 18.4. The third kappa shape index (κ3) is 5.24. The van der Waals surface area contributed by atoms with E-state index in [4.69, 9.17) is 15.3 Å². The molecule has 0 unspecified atom stereocenters. The number of carboxylic acids is 3. The van der Waals surface area contributed by atoms with Gasteiger partial charge in [0.15, 0.2) is 0 Å². The largest absolute Gasteiger partial charge is 0.478 e. The molecule has 6 heteroatoms. The molecular formula is C18H18O6. The van der Waals surface area contributed by atoms with Crippen LogP contribution in [0.1, 0.15) is 47.8 Å². The minimum Gasteiger partial charge on any atom is -0.478 e. The van der Waals surface area contributed by atoms with E-state index in [-0.39, 0.29) is 11.1 Å². The van der Waals surface area contributed by atoms with Gasteiger partial charge < -0.3 is 15.3 Å². The highest BCUT2D eigenvalue weighted by molar-refractivity contribution is 5.94. The van der Waals surface area contributed by atoms with Crippen LogP contribution < -0.4 is 0 Å². The third-order valence-corrected chi connectivity index (χ3v) is 3.18. The summed E-state index contributed by atoms with van der Waals surface area (Å²) in [4.78, 5) is 31.6. The first-order chi connectivity index (χ1) is 11.1. The van der Waals surface area contributed by atoms with Gasteiger partial charge in [-0.15, -0.1) is 0 Å². The zero-order valence-corrected chi connectivity index (χ0v) is 13.5. The normalized spacial score (nSPS) is 9.62. The molecule has 0 spiro atoms. The fourth-order valence-electron chi connectivity index (χ4n) is 2.08. The average molecular weight is 330 g/mol. The summed E-state index contributed by atoms with van der Waals surface area (Å²) < 4.78 is 0. The highest BCUT2D eigenvalue weighted by Crippen LogP contribution is 2.10. The molecule has 2 aromatic carbocycles. The van der Waals surface area contributed by atoms with Gasteiger partial charge in [0.05, 0.1) is 16.7 Å². The van der Waals surface area contributed by atoms with Crippen LogP contribution in [-0.2, 0) is 0 Å². The first-order valence-corrected chi connectivity index (χ1v) is 7.00. The molecule has 2 rings (SSSR count). The lowest BCUT2D eigenvalue weighted by Gasteiger charge is -2.00. The Balaban J connectivity index is 0.000000243. The predicted molar refractivity (Wildman–Crippen MR) is 88.0 cm³/mol. The summed E-state index contributed by atoms with van der Waals surface area (Å²) >= 11 is 0. The molecular weight excluding hydrogens is 312 g/mol. The van der Waals surface area contributed by atoms with Gasteiger partial charge in [-0.25, -0.2) is 14.4 Å². The molecule has 126 valence electrons. The van der Waals surface area contributed by atoms with Crippen LogP contribution in [0.2, 0.25) is 0 Å². The number of carboxylic acid groups (broad SMARTS) is 3. The Morgan fingerprint density at radius 1 is 0.667 bits per heavy atom. The van der Waals surface area contributed by atoms with E-state index in [1.165, 1.54) is 12.1 Å². The van der Waals surface area contributed by atoms with E-state index >= 15 is 0 Å². The molecule has 24 heavy (non-hydrogen) atoms. The van der Waals surface area contributed by atoms with Crippen molar-refractivity contribution in [2.24, 2.45) is 0 Å². The molecule has 0 radical (unpaired) electrons. The Bertz CT molecular complexity index is 760. The van der Waals surface area contributed by atoms with E-state index < -0.39 is 17.9 Å². The molecule has 0 saturated carbocycles. The van der Waals surface area contributed by atoms with E-state index in [0.717, 1.165) is 17.2 Å². The van der Waals surface area contributed by atoms with Crippen LogP contribution in [0, 0.1) is 20.8 Å². The SMILES string of the molecule is Cc1cc(C(=O)O)cc(C(=O)O)c1.Cc1ccc(C(=O)O)c(C)c1. The van der Waals surface area contributed by atoms with Gasteiger partial charge in [0.1, 0.15) is 0 Å². The minimum atomic E-state index is -1.12. The van der Waals surface area contributed by atoms with Crippen molar-refractivity contribution in [3.05, 3.63) is 69.8 Å². The van der Waals surface area contributed by atoms with Crippen LogP contribution >= 0.6 is 0 Å². The van der Waals surface area contributed by atoms with Gasteiger partial charge in [0.25, 0.3) is 0 Å². The molecule has 0 amide bonds.